The number of ether oxygens (including phenoxy) is 1. The topological polar surface area (TPSA) is 49.8 Å². The summed E-state index contributed by atoms with van der Waals surface area (Å²) in [5.41, 5.74) is 1.26. The molecule has 1 aliphatic heterocycles. The molecule has 0 spiro atoms. The van der Waals surface area contributed by atoms with Crippen LogP contribution >= 0.6 is 0 Å². The smallest absolute Gasteiger partial charge is 0.254 e. The zero-order chi connectivity index (χ0) is 14.0. The average molecular weight is 263 g/mol. The van der Waals surface area contributed by atoms with E-state index in [1.807, 2.05) is 45.0 Å². The van der Waals surface area contributed by atoms with Gasteiger partial charge >= 0.3 is 0 Å². The number of nitrogens with zero attached hydrogens (tertiary/aromatic N) is 1. The molecule has 0 saturated carbocycles. The normalized spacial score (nSPS) is 22.3. The highest BCUT2D eigenvalue weighted by atomic mass is 16.5. The quantitative estimate of drug-likeness (QED) is 0.882. The van der Waals surface area contributed by atoms with Crippen molar-refractivity contribution in [1.82, 2.24) is 4.90 Å². The number of hydrogen-bond donors (Lipinski definition) is 1. The van der Waals surface area contributed by atoms with Crippen LogP contribution in [0, 0.1) is 6.92 Å². The van der Waals surface area contributed by atoms with Crippen molar-refractivity contribution in [3.63, 3.8) is 0 Å². The lowest BCUT2D eigenvalue weighted by Crippen LogP contribution is -2.55. The first-order valence-electron chi connectivity index (χ1n) is 6.56. The first-order valence-corrected chi connectivity index (χ1v) is 6.56. The van der Waals surface area contributed by atoms with Crippen LogP contribution in [-0.2, 0) is 4.74 Å². The molecule has 0 aromatic heterocycles. The number of aliphatic hydroxyl groups excluding tert-OH is 1. The van der Waals surface area contributed by atoms with E-state index in [0.29, 0.717) is 13.1 Å². The van der Waals surface area contributed by atoms with Gasteiger partial charge in [0.2, 0.25) is 0 Å². The van der Waals surface area contributed by atoms with Crippen molar-refractivity contribution in [2.45, 2.75) is 32.5 Å². The molecule has 104 valence electrons. The van der Waals surface area contributed by atoms with Gasteiger partial charge in [0.25, 0.3) is 5.91 Å². The van der Waals surface area contributed by atoms with Gasteiger partial charge < -0.3 is 14.7 Å². The predicted octanol–water partition coefficient (Wildman–Crippen LogP) is 1.61. The number of aliphatic hydroxyl groups is 1. The van der Waals surface area contributed by atoms with Crippen LogP contribution in [0.1, 0.15) is 29.8 Å². The molecule has 19 heavy (non-hydrogen) atoms. The van der Waals surface area contributed by atoms with Crippen molar-refractivity contribution in [2.75, 3.05) is 19.7 Å². The van der Waals surface area contributed by atoms with Gasteiger partial charge in [-0.2, -0.15) is 0 Å². The summed E-state index contributed by atoms with van der Waals surface area (Å²) >= 11 is 0. The van der Waals surface area contributed by atoms with E-state index >= 15 is 0 Å². The summed E-state index contributed by atoms with van der Waals surface area (Å²) in [6, 6.07) is 7.57. The van der Waals surface area contributed by atoms with E-state index < -0.39 is 5.60 Å². The Bertz CT molecular complexity index is 470. The van der Waals surface area contributed by atoms with Crippen molar-refractivity contribution in [1.29, 1.82) is 0 Å². The standard InChI is InChI=1S/C15H21NO3/c1-11-6-4-5-7-13(11)14(18)16-8-12(9-17)19-15(2,3)10-16/h4-7,12,17H,8-10H2,1-3H3. The predicted molar refractivity (Wildman–Crippen MR) is 73.1 cm³/mol. The minimum Gasteiger partial charge on any atom is -0.394 e. The number of carbonyl (C=O) groups is 1. The van der Waals surface area contributed by atoms with Crippen LogP contribution in [0.4, 0.5) is 0 Å². The molecule has 1 fully saturated rings. The minimum atomic E-state index is -0.427. The Hall–Kier alpha value is -1.39. The van der Waals surface area contributed by atoms with Gasteiger partial charge in [0, 0.05) is 18.7 Å². The van der Waals surface area contributed by atoms with Crippen LogP contribution in [0.5, 0.6) is 0 Å². The summed E-state index contributed by atoms with van der Waals surface area (Å²) in [4.78, 5) is 14.3. The monoisotopic (exact) mass is 263 g/mol. The van der Waals surface area contributed by atoms with Gasteiger partial charge in [-0.05, 0) is 32.4 Å². The van der Waals surface area contributed by atoms with Crippen molar-refractivity contribution in [2.24, 2.45) is 0 Å². The van der Waals surface area contributed by atoms with Crippen LogP contribution in [-0.4, -0.2) is 47.3 Å². The lowest BCUT2D eigenvalue weighted by molar-refractivity contribution is -0.139. The Morgan fingerprint density at radius 1 is 1.47 bits per heavy atom. The molecule has 0 bridgehead atoms. The fourth-order valence-electron chi connectivity index (χ4n) is 2.53. The van der Waals surface area contributed by atoms with Gasteiger partial charge in [-0.1, -0.05) is 18.2 Å². The van der Waals surface area contributed by atoms with Crippen LogP contribution in [0.2, 0.25) is 0 Å². The van der Waals surface area contributed by atoms with Crippen LogP contribution in [0.15, 0.2) is 24.3 Å². The maximum atomic E-state index is 12.6. The van der Waals surface area contributed by atoms with E-state index in [9.17, 15) is 9.90 Å². The molecule has 0 aliphatic carbocycles. The van der Waals surface area contributed by atoms with E-state index in [4.69, 9.17) is 4.74 Å². The van der Waals surface area contributed by atoms with Crippen molar-refractivity contribution in [3.05, 3.63) is 35.4 Å². The second-order valence-corrected chi connectivity index (χ2v) is 5.68. The summed E-state index contributed by atoms with van der Waals surface area (Å²) in [5, 5.41) is 9.28. The Labute approximate surface area is 114 Å². The van der Waals surface area contributed by atoms with Crippen molar-refractivity contribution in [3.8, 4) is 0 Å². The zero-order valence-electron chi connectivity index (χ0n) is 11.7. The van der Waals surface area contributed by atoms with Crippen LogP contribution in [0.3, 0.4) is 0 Å². The molecule has 1 atom stereocenters. The number of morpholine rings is 1. The average Bonchev–Trinajstić information content (AvgIpc) is 2.36. The number of carbonyl (C=O) groups excluding carboxylic acids is 1. The fraction of sp³-hybridized carbons (Fsp3) is 0.533. The molecular formula is C15H21NO3. The maximum absolute atomic E-state index is 12.6. The molecule has 4 heteroatoms. The number of rotatable bonds is 2. The molecule has 1 heterocycles. The molecule has 1 saturated heterocycles. The largest absolute Gasteiger partial charge is 0.394 e. The number of benzene rings is 1. The van der Waals surface area contributed by atoms with E-state index in [1.165, 1.54) is 0 Å². The molecule has 4 nitrogen and oxygen atoms in total. The number of hydrogen-bond acceptors (Lipinski definition) is 3. The minimum absolute atomic E-state index is 0.00734. The van der Waals surface area contributed by atoms with Crippen molar-refractivity contribution < 1.29 is 14.6 Å². The van der Waals surface area contributed by atoms with E-state index in [2.05, 4.69) is 0 Å². The molecule has 1 aliphatic rings. The van der Waals surface area contributed by atoms with Gasteiger partial charge in [-0.15, -0.1) is 0 Å². The summed E-state index contributed by atoms with van der Waals surface area (Å²) in [7, 11) is 0. The second-order valence-electron chi connectivity index (χ2n) is 5.68. The molecular weight excluding hydrogens is 242 g/mol. The summed E-state index contributed by atoms with van der Waals surface area (Å²) < 4.78 is 5.73. The Morgan fingerprint density at radius 3 is 2.79 bits per heavy atom. The van der Waals surface area contributed by atoms with E-state index in [0.717, 1.165) is 11.1 Å². The lowest BCUT2D eigenvalue weighted by Gasteiger charge is -2.42. The highest BCUT2D eigenvalue weighted by molar-refractivity contribution is 5.95. The third kappa shape index (κ3) is 3.14. The first kappa shape index (κ1) is 14.0. The Balaban J connectivity index is 2.21. The van der Waals surface area contributed by atoms with Gasteiger partial charge in [0.05, 0.1) is 18.3 Å². The highest BCUT2D eigenvalue weighted by Crippen LogP contribution is 2.23. The van der Waals surface area contributed by atoms with Gasteiger partial charge in [-0.25, -0.2) is 0 Å². The number of aryl methyl sites for hydroxylation is 1. The van der Waals surface area contributed by atoms with Gasteiger partial charge in [-0.3, -0.25) is 4.79 Å². The van der Waals surface area contributed by atoms with E-state index in [-0.39, 0.29) is 18.6 Å². The SMILES string of the molecule is Cc1ccccc1C(=O)N1CC(CO)OC(C)(C)C1. The molecule has 2 rings (SSSR count). The number of amides is 1. The maximum Gasteiger partial charge on any atom is 0.254 e. The van der Waals surface area contributed by atoms with Crippen LogP contribution < -0.4 is 0 Å². The summed E-state index contributed by atoms with van der Waals surface area (Å²) in [5.74, 6) is 0.00734. The highest BCUT2D eigenvalue weighted by Gasteiger charge is 2.35. The summed E-state index contributed by atoms with van der Waals surface area (Å²) in [6.07, 6.45) is -0.309. The second kappa shape index (κ2) is 5.31. The molecule has 1 aromatic carbocycles. The molecule has 1 aromatic rings. The van der Waals surface area contributed by atoms with Crippen LogP contribution in [0.25, 0.3) is 0 Å². The third-order valence-corrected chi connectivity index (χ3v) is 3.35. The molecule has 1 amide bonds. The lowest BCUT2D eigenvalue weighted by atomic mass is 10.0. The Morgan fingerprint density at radius 2 is 2.16 bits per heavy atom. The fourth-order valence-corrected chi connectivity index (χ4v) is 2.53. The van der Waals surface area contributed by atoms with Gasteiger partial charge in [0.1, 0.15) is 0 Å². The zero-order valence-corrected chi connectivity index (χ0v) is 11.7. The van der Waals surface area contributed by atoms with Crippen molar-refractivity contribution >= 4 is 5.91 Å². The summed E-state index contributed by atoms with van der Waals surface area (Å²) in [6.45, 7) is 6.72. The molecule has 1 unspecified atom stereocenters. The molecule has 0 radical (unpaired) electrons. The Kier molecular flexibility index (Phi) is 3.92. The third-order valence-electron chi connectivity index (χ3n) is 3.35. The van der Waals surface area contributed by atoms with E-state index in [1.54, 1.807) is 4.90 Å². The first-order chi connectivity index (χ1) is 8.93. The molecule has 1 N–H and O–H groups in total. The van der Waals surface area contributed by atoms with Gasteiger partial charge in [0.15, 0.2) is 0 Å².